The summed E-state index contributed by atoms with van der Waals surface area (Å²) in [5.74, 6) is 1.55. The summed E-state index contributed by atoms with van der Waals surface area (Å²) in [5.41, 5.74) is 1.40. The van der Waals surface area contributed by atoms with Crippen molar-refractivity contribution in [1.82, 2.24) is 5.32 Å². The van der Waals surface area contributed by atoms with E-state index in [-0.39, 0.29) is 11.9 Å². The van der Waals surface area contributed by atoms with Crippen LogP contribution in [0.15, 0.2) is 42.5 Å². The van der Waals surface area contributed by atoms with Crippen LogP contribution >= 0.6 is 0 Å². The lowest BCUT2D eigenvalue weighted by Gasteiger charge is -2.22. The van der Waals surface area contributed by atoms with Crippen molar-refractivity contribution in [3.05, 3.63) is 48.0 Å². The summed E-state index contributed by atoms with van der Waals surface area (Å²) in [6, 6.07) is 11.9. The number of sulfonamides is 1. The normalized spacial score (nSPS) is 13.0. The molecule has 1 N–H and O–H groups in total. The average molecular weight is 479 g/mol. The molecule has 2 atom stereocenters. The third-order valence-corrected chi connectivity index (χ3v) is 6.27. The van der Waals surface area contributed by atoms with Crippen LogP contribution in [0.5, 0.6) is 17.2 Å². The quantitative estimate of drug-likeness (QED) is 0.497. The molecule has 33 heavy (non-hydrogen) atoms. The van der Waals surface area contributed by atoms with E-state index in [1.807, 2.05) is 45.9 Å². The Labute approximate surface area is 196 Å². The first-order valence-electron chi connectivity index (χ1n) is 11.0. The Hall–Kier alpha value is -2.94. The molecule has 1 amide bonds. The number of carbonyl (C=O) groups is 1. The first-order valence-corrected chi connectivity index (χ1v) is 12.9. The van der Waals surface area contributed by atoms with Gasteiger partial charge in [0.2, 0.25) is 10.0 Å². The van der Waals surface area contributed by atoms with Gasteiger partial charge in [0.15, 0.2) is 17.6 Å². The van der Waals surface area contributed by atoms with Crippen LogP contribution in [0.3, 0.4) is 0 Å². The Morgan fingerprint density at radius 1 is 1.00 bits per heavy atom. The van der Waals surface area contributed by atoms with Gasteiger partial charge < -0.3 is 19.5 Å². The smallest absolute Gasteiger partial charge is 0.261 e. The van der Waals surface area contributed by atoms with Crippen LogP contribution in [0.1, 0.15) is 45.7 Å². The molecular formula is C24H34N2O6S. The molecule has 9 heteroatoms. The fourth-order valence-corrected chi connectivity index (χ4v) is 3.64. The van der Waals surface area contributed by atoms with Crippen molar-refractivity contribution in [3.63, 3.8) is 0 Å². The monoisotopic (exact) mass is 478 g/mol. The molecule has 0 fully saturated rings. The van der Waals surface area contributed by atoms with Crippen LogP contribution in [0, 0.1) is 0 Å². The van der Waals surface area contributed by atoms with E-state index in [0.29, 0.717) is 42.6 Å². The lowest BCUT2D eigenvalue weighted by molar-refractivity contribution is -0.128. The SMILES string of the molecule is CCOc1ccc(C(C)NC(=O)C(CC)Oc2ccc(N(C)S(C)(=O)=O)cc2)cc1OCC. The summed E-state index contributed by atoms with van der Waals surface area (Å²) in [4.78, 5) is 12.9. The molecule has 0 radical (unpaired) electrons. The van der Waals surface area contributed by atoms with Gasteiger partial charge in [-0.2, -0.15) is 0 Å². The number of nitrogens with zero attached hydrogens (tertiary/aromatic N) is 1. The average Bonchev–Trinajstić information content (AvgIpc) is 2.78. The highest BCUT2D eigenvalue weighted by atomic mass is 32.2. The number of hydrogen-bond acceptors (Lipinski definition) is 6. The summed E-state index contributed by atoms with van der Waals surface area (Å²) in [5, 5.41) is 2.99. The van der Waals surface area contributed by atoms with E-state index < -0.39 is 16.1 Å². The standard InChI is InChI=1S/C24H34N2O6S/c1-7-21(32-20-13-11-19(12-14-20)26(5)33(6,28)29)24(27)25-17(4)18-10-15-22(30-8-2)23(16-18)31-9-3/h10-17,21H,7-9H2,1-6H3,(H,25,27). The molecule has 2 unspecified atom stereocenters. The predicted molar refractivity (Wildman–Crippen MR) is 130 cm³/mol. The highest BCUT2D eigenvalue weighted by Crippen LogP contribution is 2.31. The molecule has 0 aromatic heterocycles. The van der Waals surface area contributed by atoms with Gasteiger partial charge in [-0.3, -0.25) is 9.10 Å². The van der Waals surface area contributed by atoms with Gasteiger partial charge in [0.05, 0.1) is 31.2 Å². The van der Waals surface area contributed by atoms with Crippen molar-refractivity contribution >= 4 is 21.6 Å². The second-order valence-corrected chi connectivity index (χ2v) is 9.56. The topological polar surface area (TPSA) is 94.2 Å². The first-order chi connectivity index (χ1) is 15.6. The van der Waals surface area contributed by atoms with Crippen molar-refractivity contribution in [1.29, 1.82) is 0 Å². The molecule has 0 aliphatic carbocycles. The summed E-state index contributed by atoms with van der Waals surface area (Å²) < 4.78 is 41.7. The molecule has 2 aromatic rings. The van der Waals surface area contributed by atoms with Crippen LogP contribution in [-0.2, 0) is 14.8 Å². The number of nitrogens with one attached hydrogen (secondary N) is 1. The number of benzene rings is 2. The van der Waals surface area contributed by atoms with Crippen LogP contribution in [0.25, 0.3) is 0 Å². The van der Waals surface area contributed by atoms with Gasteiger partial charge in [-0.05, 0) is 69.2 Å². The van der Waals surface area contributed by atoms with Crippen molar-refractivity contribution in [2.75, 3.05) is 30.8 Å². The van der Waals surface area contributed by atoms with E-state index in [0.717, 1.165) is 11.8 Å². The third kappa shape index (κ3) is 7.28. The van der Waals surface area contributed by atoms with E-state index in [4.69, 9.17) is 14.2 Å². The number of rotatable bonds is 12. The molecule has 0 heterocycles. The summed E-state index contributed by atoms with van der Waals surface area (Å²) >= 11 is 0. The Morgan fingerprint density at radius 3 is 2.15 bits per heavy atom. The lowest BCUT2D eigenvalue weighted by atomic mass is 10.1. The fraction of sp³-hybridized carbons (Fsp3) is 0.458. The van der Waals surface area contributed by atoms with Crippen molar-refractivity contribution in [3.8, 4) is 17.2 Å². The fourth-order valence-electron chi connectivity index (χ4n) is 3.14. The zero-order valence-electron chi connectivity index (χ0n) is 20.1. The van der Waals surface area contributed by atoms with E-state index in [1.54, 1.807) is 24.3 Å². The summed E-state index contributed by atoms with van der Waals surface area (Å²) in [6.45, 7) is 8.62. The Balaban J connectivity index is 2.07. The van der Waals surface area contributed by atoms with Crippen LogP contribution < -0.4 is 23.8 Å². The van der Waals surface area contributed by atoms with Gasteiger partial charge >= 0.3 is 0 Å². The molecule has 2 rings (SSSR count). The number of anilines is 1. The minimum absolute atomic E-state index is 0.242. The molecular weight excluding hydrogens is 444 g/mol. The maximum Gasteiger partial charge on any atom is 0.261 e. The number of hydrogen-bond donors (Lipinski definition) is 1. The predicted octanol–water partition coefficient (Wildman–Crippen LogP) is 3.91. The molecule has 2 aromatic carbocycles. The zero-order valence-corrected chi connectivity index (χ0v) is 20.9. The van der Waals surface area contributed by atoms with Crippen molar-refractivity contribution in [2.45, 2.75) is 46.3 Å². The molecule has 0 bridgehead atoms. The largest absolute Gasteiger partial charge is 0.490 e. The van der Waals surface area contributed by atoms with Crippen LogP contribution in [0.2, 0.25) is 0 Å². The zero-order chi connectivity index (χ0) is 24.6. The highest BCUT2D eigenvalue weighted by molar-refractivity contribution is 7.92. The van der Waals surface area contributed by atoms with Gasteiger partial charge in [-0.1, -0.05) is 13.0 Å². The van der Waals surface area contributed by atoms with Gasteiger partial charge in [0.25, 0.3) is 5.91 Å². The first kappa shape index (κ1) is 26.3. The van der Waals surface area contributed by atoms with E-state index in [1.165, 1.54) is 11.4 Å². The molecule has 0 saturated heterocycles. The number of amides is 1. The third-order valence-electron chi connectivity index (χ3n) is 5.07. The van der Waals surface area contributed by atoms with Crippen LogP contribution in [0.4, 0.5) is 5.69 Å². The molecule has 182 valence electrons. The summed E-state index contributed by atoms with van der Waals surface area (Å²) in [7, 11) is -1.87. The molecule has 0 spiro atoms. The Kier molecular flexibility index (Phi) is 9.40. The van der Waals surface area contributed by atoms with Gasteiger partial charge in [0, 0.05) is 7.05 Å². The van der Waals surface area contributed by atoms with E-state index in [2.05, 4.69) is 5.32 Å². The van der Waals surface area contributed by atoms with Gasteiger partial charge in [0.1, 0.15) is 5.75 Å². The second-order valence-electron chi connectivity index (χ2n) is 7.54. The highest BCUT2D eigenvalue weighted by Gasteiger charge is 2.22. The lowest BCUT2D eigenvalue weighted by Crippen LogP contribution is -2.39. The number of ether oxygens (including phenoxy) is 3. The van der Waals surface area contributed by atoms with Crippen LogP contribution in [-0.4, -0.2) is 46.9 Å². The number of carbonyl (C=O) groups excluding carboxylic acids is 1. The maximum absolute atomic E-state index is 12.9. The Morgan fingerprint density at radius 2 is 1.61 bits per heavy atom. The molecule has 8 nitrogen and oxygen atoms in total. The Bertz CT molecular complexity index is 1020. The maximum atomic E-state index is 12.9. The molecule has 0 saturated carbocycles. The molecule has 0 aliphatic heterocycles. The van der Waals surface area contributed by atoms with E-state index in [9.17, 15) is 13.2 Å². The minimum atomic E-state index is -3.35. The molecule has 0 aliphatic rings. The minimum Gasteiger partial charge on any atom is -0.490 e. The van der Waals surface area contributed by atoms with Gasteiger partial charge in [-0.25, -0.2) is 8.42 Å². The van der Waals surface area contributed by atoms with Gasteiger partial charge in [-0.15, -0.1) is 0 Å². The summed E-state index contributed by atoms with van der Waals surface area (Å²) in [6.07, 6.45) is 0.911. The second kappa shape index (κ2) is 11.8. The van der Waals surface area contributed by atoms with E-state index >= 15 is 0 Å². The van der Waals surface area contributed by atoms with Crippen molar-refractivity contribution in [2.24, 2.45) is 0 Å². The van der Waals surface area contributed by atoms with Crippen molar-refractivity contribution < 1.29 is 27.4 Å².